The monoisotopic (exact) mass is 290 g/mol. The number of rotatable bonds is 5. The maximum atomic E-state index is 12.5. The van der Waals surface area contributed by atoms with E-state index in [0.29, 0.717) is 31.2 Å². The molecule has 21 heavy (non-hydrogen) atoms. The summed E-state index contributed by atoms with van der Waals surface area (Å²) in [6.07, 6.45) is 4.84. The van der Waals surface area contributed by atoms with Crippen LogP contribution in [0.3, 0.4) is 0 Å². The number of amides is 1. The van der Waals surface area contributed by atoms with Gasteiger partial charge in [-0.1, -0.05) is 6.07 Å². The lowest BCUT2D eigenvalue weighted by Crippen LogP contribution is -2.30. The van der Waals surface area contributed by atoms with E-state index in [9.17, 15) is 9.59 Å². The number of nitrogens with zero attached hydrogens (tertiary/aromatic N) is 2. The zero-order valence-electron chi connectivity index (χ0n) is 11.9. The lowest BCUT2D eigenvalue weighted by Gasteiger charge is -2.17. The van der Waals surface area contributed by atoms with Crippen LogP contribution in [0, 0.1) is 5.92 Å². The number of methoxy groups -OCH3 is 1. The van der Waals surface area contributed by atoms with Gasteiger partial charge in [0.05, 0.1) is 6.61 Å². The Kier molecular flexibility index (Phi) is 5.05. The molecule has 2 rings (SSSR count). The van der Waals surface area contributed by atoms with Gasteiger partial charge in [0, 0.05) is 44.0 Å². The standard InChI is InChI=1S/C15H18N2O4/c1-21-10-11-6-8-17(9-11)15(20)14-12(3-2-7-16-14)4-5-13(18)19/h2-5,7,11H,6,8-10H2,1H3,(H,18,19)/b5-4+. The first-order valence-electron chi connectivity index (χ1n) is 6.76. The van der Waals surface area contributed by atoms with Crippen molar-refractivity contribution in [2.75, 3.05) is 26.8 Å². The molecule has 0 aliphatic carbocycles. The summed E-state index contributed by atoms with van der Waals surface area (Å²) in [5.41, 5.74) is 0.799. The van der Waals surface area contributed by atoms with Crippen LogP contribution >= 0.6 is 0 Å². The Balaban J connectivity index is 2.14. The fraction of sp³-hybridized carbons (Fsp3) is 0.400. The average molecular weight is 290 g/mol. The van der Waals surface area contributed by atoms with Gasteiger partial charge in [0.15, 0.2) is 0 Å². The van der Waals surface area contributed by atoms with Gasteiger partial charge in [-0.05, 0) is 18.6 Å². The van der Waals surface area contributed by atoms with Crippen LogP contribution in [-0.4, -0.2) is 53.7 Å². The van der Waals surface area contributed by atoms with Crippen molar-refractivity contribution in [2.24, 2.45) is 5.92 Å². The molecule has 1 aliphatic rings. The molecule has 0 bridgehead atoms. The summed E-state index contributed by atoms with van der Waals surface area (Å²) < 4.78 is 5.12. The summed E-state index contributed by atoms with van der Waals surface area (Å²) in [4.78, 5) is 29.0. The molecule has 6 nitrogen and oxygen atoms in total. The summed E-state index contributed by atoms with van der Waals surface area (Å²) in [5.74, 6) is -0.876. The van der Waals surface area contributed by atoms with Crippen LogP contribution in [-0.2, 0) is 9.53 Å². The van der Waals surface area contributed by atoms with Crippen molar-refractivity contribution < 1.29 is 19.4 Å². The van der Waals surface area contributed by atoms with Crippen LogP contribution in [0.4, 0.5) is 0 Å². The number of hydrogen-bond acceptors (Lipinski definition) is 4. The number of aromatic nitrogens is 1. The Morgan fingerprint density at radius 1 is 1.57 bits per heavy atom. The lowest BCUT2D eigenvalue weighted by molar-refractivity contribution is -0.131. The topological polar surface area (TPSA) is 79.7 Å². The van der Waals surface area contributed by atoms with Crippen molar-refractivity contribution >= 4 is 18.0 Å². The van der Waals surface area contributed by atoms with E-state index in [0.717, 1.165) is 12.5 Å². The molecule has 0 spiro atoms. The number of hydrogen-bond donors (Lipinski definition) is 1. The van der Waals surface area contributed by atoms with E-state index in [2.05, 4.69) is 4.98 Å². The van der Waals surface area contributed by atoms with Gasteiger partial charge in [0.2, 0.25) is 0 Å². The van der Waals surface area contributed by atoms with Gasteiger partial charge in [-0.3, -0.25) is 9.78 Å². The first-order valence-corrected chi connectivity index (χ1v) is 6.76. The molecular formula is C15H18N2O4. The van der Waals surface area contributed by atoms with Crippen LogP contribution in [0.1, 0.15) is 22.5 Å². The molecule has 0 saturated carbocycles. The highest BCUT2D eigenvalue weighted by Gasteiger charge is 2.28. The number of likely N-dealkylation sites (tertiary alicyclic amines) is 1. The van der Waals surface area contributed by atoms with Crippen molar-refractivity contribution in [1.82, 2.24) is 9.88 Å². The molecule has 1 atom stereocenters. The lowest BCUT2D eigenvalue weighted by atomic mass is 10.1. The normalized spacial score (nSPS) is 18.3. The highest BCUT2D eigenvalue weighted by atomic mass is 16.5. The summed E-state index contributed by atoms with van der Waals surface area (Å²) in [6.45, 7) is 1.95. The minimum Gasteiger partial charge on any atom is -0.478 e. The van der Waals surface area contributed by atoms with E-state index in [1.807, 2.05) is 0 Å². The number of pyridine rings is 1. The van der Waals surface area contributed by atoms with Crippen molar-refractivity contribution in [1.29, 1.82) is 0 Å². The van der Waals surface area contributed by atoms with Crippen LogP contribution in [0.2, 0.25) is 0 Å². The van der Waals surface area contributed by atoms with Gasteiger partial charge >= 0.3 is 5.97 Å². The van der Waals surface area contributed by atoms with Crippen LogP contribution in [0.25, 0.3) is 6.08 Å². The minimum absolute atomic E-state index is 0.167. The quantitative estimate of drug-likeness (QED) is 0.827. The van der Waals surface area contributed by atoms with E-state index in [-0.39, 0.29) is 11.6 Å². The Labute approximate surface area is 123 Å². The minimum atomic E-state index is -1.06. The van der Waals surface area contributed by atoms with Crippen molar-refractivity contribution in [3.63, 3.8) is 0 Å². The highest BCUT2D eigenvalue weighted by Crippen LogP contribution is 2.20. The SMILES string of the molecule is COCC1CCN(C(=O)c2ncccc2/C=C/C(=O)O)C1. The number of carbonyl (C=O) groups is 2. The van der Waals surface area contributed by atoms with Gasteiger partial charge < -0.3 is 14.7 Å². The first-order chi connectivity index (χ1) is 10.1. The molecule has 1 aromatic rings. The molecule has 1 N–H and O–H groups in total. The Bertz CT molecular complexity index is 556. The number of carbonyl (C=O) groups excluding carboxylic acids is 1. The molecule has 1 fully saturated rings. The summed E-state index contributed by atoms with van der Waals surface area (Å²) in [5, 5.41) is 8.69. The third-order valence-electron chi connectivity index (χ3n) is 3.42. The third-order valence-corrected chi connectivity index (χ3v) is 3.42. The largest absolute Gasteiger partial charge is 0.478 e. The molecule has 0 radical (unpaired) electrons. The zero-order valence-corrected chi connectivity index (χ0v) is 11.9. The van der Waals surface area contributed by atoms with Crippen LogP contribution in [0.5, 0.6) is 0 Å². The predicted octanol–water partition coefficient (Wildman–Crippen LogP) is 1.29. The number of carboxylic acid groups (broad SMARTS) is 1. The summed E-state index contributed by atoms with van der Waals surface area (Å²) in [6, 6.07) is 3.36. The molecule has 1 unspecified atom stereocenters. The molecule has 0 aromatic carbocycles. The molecule has 1 aliphatic heterocycles. The Morgan fingerprint density at radius 3 is 3.10 bits per heavy atom. The smallest absolute Gasteiger partial charge is 0.328 e. The van der Waals surface area contributed by atoms with E-state index >= 15 is 0 Å². The fourth-order valence-electron chi connectivity index (χ4n) is 2.43. The van der Waals surface area contributed by atoms with Gasteiger partial charge in [0.25, 0.3) is 5.91 Å². The number of ether oxygens (including phenoxy) is 1. The second-order valence-corrected chi connectivity index (χ2v) is 4.97. The number of carboxylic acids is 1. The average Bonchev–Trinajstić information content (AvgIpc) is 2.94. The fourth-order valence-corrected chi connectivity index (χ4v) is 2.43. The Hall–Kier alpha value is -2.21. The summed E-state index contributed by atoms with van der Waals surface area (Å²) >= 11 is 0. The highest BCUT2D eigenvalue weighted by molar-refractivity contribution is 5.97. The third kappa shape index (κ3) is 3.88. The molecule has 112 valence electrons. The second kappa shape index (κ2) is 6.99. The Morgan fingerprint density at radius 2 is 2.38 bits per heavy atom. The first kappa shape index (κ1) is 15.2. The molecule has 2 heterocycles. The van der Waals surface area contributed by atoms with Crippen molar-refractivity contribution in [3.05, 3.63) is 35.7 Å². The molecule has 1 amide bonds. The second-order valence-electron chi connectivity index (χ2n) is 4.97. The molecular weight excluding hydrogens is 272 g/mol. The maximum Gasteiger partial charge on any atom is 0.328 e. The van der Waals surface area contributed by atoms with E-state index in [1.54, 1.807) is 24.1 Å². The summed E-state index contributed by atoms with van der Waals surface area (Å²) in [7, 11) is 1.65. The molecule has 1 aromatic heterocycles. The van der Waals surface area contributed by atoms with Gasteiger partial charge in [0.1, 0.15) is 5.69 Å². The maximum absolute atomic E-state index is 12.5. The van der Waals surface area contributed by atoms with Gasteiger partial charge in [-0.15, -0.1) is 0 Å². The molecule has 1 saturated heterocycles. The van der Waals surface area contributed by atoms with E-state index in [4.69, 9.17) is 9.84 Å². The van der Waals surface area contributed by atoms with E-state index < -0.39 is 5.97 Å². The van der Waals surface area contributed by atoms with Crippen molar-refractivity contribution in [2.45, 2.75) is 6.42 Å². The molecule has 6 heteroatoms. The predicted molar refractivity (Wildman–Crippen MR) is 76.8 cm³/mol. The van der Waals surface area contributed by atoms with Crippen molar-refractivity contribution in [3.8, 4) is 0 Å². The zero-order chi connectivity index (χ0) is 15.2. The van der Waals surface area contributed by atoms with Gasteiger partial charge in [-0.2, -0.15) is 0 Å². The van der Waals surface area contributed by atoms with Crippen LogP contribution < -0.4 is 0 Å². The van der Waals surface area contributed by atoms with Crippen LogP contribution in [0.15, 0.2) is 24.4 Å². The van der Waals surface area contributed by atoms with E-state index in [1.165, 1.54) is 12.3 Å². The number of aliphatic carboxylic acids is 1. The van der Waals surface area contributed by atoms with Gasteiger partial charge in [-0.25, -0.2) is 4.79 Å².